The van der Waals surface area contributed by atoms with Crippen molar-refractivity contribution in [3.63, 3.8) is 0 Å². The summed E-state index contributed by atoms with van der Waals surface area (Å²) < 4.78 is 22.1. The molecule has 0 bridgehead atoms. The molecule has 3 N–H and O–H groups in total. The molecule has 0 aliphatic carbocycles. The number of H-pyrrole nitrogens is 1. The summed E-state index contributed by atoms with van der Waals surface area (Å²) in [6.07, 6.45) is 2.45. The Morgan fingerprint density at radius 3 is 2.74 bits per heavy atom. The van der Waals surface area contributed by atoms with Crippen LogP contribution in [0.5, 0.6) is 23.0 Å². The first kappa shape index (κ1) is 24.4. The summed E-state index contributed by atoms with van der Waals surface area (Å²) in [5.74, 6) is -0.0908. The fraction of sp³-hybridized carbons (Fsp3) is 0.200. The fourth-order valence-corrected chi connectivity index (χ4v) is 5.13. The highest BCUT2D eigenvalue weighted by atomic mass is 16.7. The summed E-state index contributed by atoms with van der Waals surface area (Å²) in [4.78, 5) is 29.7. The first-order valence-corrected chi connectivity index (χ1v) is 12.6. The minimum atomic E-state index is -0.845. The van der Waals surface area contributed by atoms with Crippen molar-refractivity contribution in [2.45, 2.75) is 18.8 Å². The molecule has 0 saturated carbocycles. The van der Waals surface area contributed by atoms with Crippen LogP contribution in [0.1, 0.15) is 29.0 Å². The lowest BCUT2D eigenvalue weighted by Crippen LogP contribution is -2.28. The van der Waals surface area contributed by atoms with Crippen LogP contribution >= 0.6 is 0 Å². The zero-order valence-electron chi connectivity index (χ0n) is 21.2. The molecule has 3 heterocycles. The van der Waals surface area contributed by atoms with E-state index < -0.39 is 11.5 Å². The van der Waals surface area contributed by atoms with Crippen molar-refractivity contribution in [2.24, 2.45) is 0 Å². The van der Waals surface area contributed by atoms with E-state index in [-0.39, 0.29) is 36.0 Å². The molecule has 1 aliphatic rings. The van der Waals surface area contributed by atoms with Gasteiger partial charge in [-0.15, -0.1) is 0 Å². The predicted octanol–water partition coefficient (Wildman–Crippen LogP) is 4.60. The van der Waals surface area contributed by atoms with E-state index in [0.29, 0.717) is 41.2 Å². The molecule has 1 atom stereocenters. The quantitative estimate of drug-likeness (QED) is 0.253. The normalized spacial score (nSPS) is 13.1. The molecule has 0 saturated heterocycles. The molecular formula is C30H26N2O7. The van der Waals surface area contributed by atoms with Crippen molar-refractivity contribution in [1.82, 2.24) is 10.3 Å². The summed E-state index contributed by atoms with van der Waals surface area (Å²) in [7, 11) is 1.50. The van der Waals surface area contributed by atoms with Gasteiger partial charge in [-0.2, -0.15) is 0 Å². The van der Waals surface area contributed by atoms with Crippen molar-refractivity contribution in [1.29, 1.82) is 0 Å². The van der Waals surface area contributed by atoms with Crippen LogP contribution in [0.25, 0.3) is 21.9 Å². The third kappa shape index (κ3) is 4.52. The van der Waals surface area contributed by atoms with Crippen LogP contribution in [-0.2, 0) is 11.2 Å². The van der Waals surface area contributed by atoms with Crippen LogP contribution in [-0.4, -0.2) is 36.4 Å². The van der Waals surface area contributed by atoms with Gasteiger partial charge in [0.25, 0.3) is 0 Å². The number of aromatic amines is 1. The second-order valence-corrected chi connectivity index (χ2v) is 9.32. The Labute approximate surface area is 222 Å². The maximum Gasteiger partial charge on any atom is 0.343 e. The van der Waals surface area contributed by atoms with Crippen LogP contribution in [0.4, 0.5) is 0 Å². The lowest BCUT2D eigenvalue weighted by atomic mass is 9.87. The summed E-state index contributed by atoms with van der Waals surface area (Å²) in [6, 6.07) is 18.1. The Morgan fingerprint density at radius 1 is 1.10 bits per heavy atom. The number of aromatic hydroxyl groups is 1. The number of amides is 1. The summed E-state index contributed by atoms with van der Waals surface area (Å²) >= 11 is 0. The highest BCUT2D eigenvalue weighted by Crippen LogP contribution is 2.46. The van der Waals surface area contributed by atoms with Gasteiger partial charge in [0.05, 0.1) is 18.1 Å². The van der Waals surface area contributed by atoms with Gasteiger partial charge in [-0.05, 0) is 47.9 Å². The third-order valence-corrected chi connectivity index (χ3v) is 7.03. The Morgan fingerprint density at radius 2 is 1.90 bits per heavy atom. The highest BCUT2D eigenvalue weighted by Gasteiger charge is 2.30. The molecule has 0 fully saturated rings. The van der Waals surface area contributed by atoms with Gasteiger partial charge in [0, 0.05) is 36.0 Å². The number of carbonyl (C=O) groups is 1. The largest absolute Gasteiger partial charge is 0.507 e. The standard InChI is InChI=1S/C30H26N2O7/c1-36-24-12-18(13-25-29(24)38-16-37-25)21(27-28(34)20-7-3-5-9-23(20)39-30(27)35)14-26(33)31-11-10-17-15-32-22-8-4-2-6-19(17)22/h2-9,12-13,15,21,32,34H,10-11,14,16H2,1H3,(H,31,33)/t21-/m1/s1. The zero-order chi connectivity index (χ0) is 26.9. The maximum atomic E-state index is 13.2. The van der Waals surface area contributed by atoms with Crippen molar-refractivity contribution in [3.8, 4) is 23.0 Å². The number of nitrogens with one attached hydrogen (secondary N) is 2. The average Bonchev–Trinajstić information content (AvgIpc) is 3.59. The number of rotatable bonds is 8. The molecule has 0 radical (unpaired) electrons. The van der Waals surface area contributed by atoms with Crippen LogP contribution in [0.3, 0.4) is 0 Å². The van der Waals surface area contributed by atoms with E-state index in [2.05, 4.69) is 10.3 Å². The Hall–Kier alpha value is -4.92. The number of hydrogen-bond acceptors (Lipinski definition) is 7. The van der Waals surface area contributed by atoms with Crippen LogP contribution in [0.2, 0.25) is 0 Å². The summed E-state index contributed by atoms with van der Waals surface area (Å²) in [5.41, 5.74) is 2.19. The van der Waals surface area contributed by atoms with Crippen molar-refractivity contribution in [2.75, 3.05) is 20.4 Å². The molecule has 3 aromatic carbocycles. The van der Waals surface area contributed by atoms with E-state index in [1.807, 2.05) is 30.5 Å². The molecule has 1 amide bonds. The minimum absolute atomic E-state index is 0.0126. The molecule has 2 aromatic heterocycles. The van der Waals surface area contributed by atoms with E-state index in [9.17, 15) is 14.7 Å². The monoisotopic (exact) mass is 526 g/mol. The average molecular weight is 527 g/mol. The first-order valence-electron chi connectivity index (χ1n) is 12.6. The Kier molecular flexibility index (Phi) is 6.32. The van der Waals surface area contributed by atoms with Crippen molar-refractivity contribution >= 4 is 27.8 Å². The van der Waals surface area contributed by atoms with Crippen molar-refractivity contribution in [3.05, 3.63) is 94.0 Å². The molecule has 5 aromatic rings. The third-order valence-electron chi connectivity index (χ3n) is 7.03. The number of aromatic nitrogens is 1. The van der Waals surface area contributed by atoms with E-state index in [0.717, 1.165) is 16.5 Å². The lowest BCUT2D eigenvalue weighted by Gasteiger charge is -2.20. The van der Waals surface area contributed by atoms with Gasteiger partial charge in [0.15, 0.2) is 11.5 Å². The fourth-order valence-electron chi connectivity index (χ4n) is 5.13. The molecule has 0 spiro atoms. The number of fused-ring (bicyclic) bond motifs is 3. The number of para-hydroxylation sites is 2. The Balaban J connectivity index is 1.32. The topological polar surface area (TPSA) is 123 Å². The Bertz CT molecular complexity index is 1750. The van der Waals surface area contributed by atoms with Crippen LogP contribution < -0.4 is 25.2 Å². The van der Waals surface area contributed by atoms with Gasteiger partial charge in [-0.1, -0.05) is 30.3 Å². The number of methoxy groups -OCH3 is 1. The predicted molar refractivity (Wildman–Crippen MR) is 145 cm³/mol. The van der Waals surface area contributed by atoms with E-state index in [1.165, 1.54) is 7.11 Å². The SMILES string of the molecule is COc1cc([C@@H](CC(=O)NCCc2c[nH]c3ccccc23)c2c(O)c3ccccc3oc2=O)cc2c1OCO2. The second-order valence-electron chi connectivity index (χ2n) is 9.32. The lowest BCUT2D eigenvalue weighted by molar-refractivity contribution is -0.121. The molecule has 9 nitrogen and oxygen atoms in total. The molecule has 1 aliphatic heterocycles. The van der Waals surface area contributed by atoms with Crippen LogP contribution in [0.15, 0.2) is 76.1 Å². The first-order chi connectivity index (χ1) is 19.0. The smallest absolute Gasteiger partial charge is 0.343 e. The van der Waals surface area contributed by atoms with Gasteiger partial charge in [0.1, 0.15) is 11.3 Å². The number of ether oxygens (including phenoxy) is 3. The highest BCUT2D eigenvalue weighted by molar-refractivity contribution is 5.86. The minimum Gasteiger partial charge on any atom is -0.507 e. The summed E-state index contributed by atoms with van der Waals surface area (Å²) in [5, 5.41) is 15.7. The molecule has 39 heavy (non-hydrogen) atoms. The van der Waals surface area contributed by atoms with E-state index in [4.69, 9.17) is 18.6 Å². The van der Waals surface area contributed by atoms with E-state index in [1.54, 1.807) is 36.4 Å². The number of hydrogen-bond donors (Lipinski definition) is 3. The molecule has 0 unspecified atom stereocenters. The maximum absolute atomic E-state index is 13.2. The summed E-state index contributed by atoms with van der Waals surface area (Å²) in [6.45, 7) is 0.424. The van der Waals surface area contributed by atoms with Gasteiger partial charge >= 0.3 is 5.63 Å². The van der Waals surface area contributed by atoms with E-state index >= 15 is 0 Å². The zero-order valence-corrected chi connectivity index (χ0v) is 21.2. The number of carbonyl (C=O) groups excluding carboxylic acids is 1. The second kappa shape index (κ2) is 10.1. The van der Waals surface area contributed by atoms with Gasteiger partial charge in [0.2, 0.25) is 18.4 Å². The van der Waals surface area contributed by atoms with Crippen LogP contribution in [0, 0.1) is 0 Å². The van der Waals surface area contributed by atoms with Crippen molar-refractivity contribution < 1.29 is 28.5 Å². The van der Waals surface area contributed by atoms with Gasteiger partial charge < -0.3 is 34.0 Å². The molecule has 198 valence electrons. The van der Waals surface area contributed by atoms with Gasteiger partial charge in [-0.3, -0.25) is 4.79 Å². The molecule has 6 rings (SSSR count). The molecular weight excluding hydrogens is 500 g/mol. The number of benzene rings is 3. The molecule has 9 heteroatoms. The van der Waals surface area contributed by atoms with Gasteiger partial charge in [-0.25, -0.2) is 4.79 Å².